The summed E-state index contributed by atoms with van der Waals surface area (Å²) in [6, 6.07) is 2.63. The maximum atomic E-state index is 11.4. The Morgan fingerprint density at radius 1 is 1.47 bits per heavy atom. The summed E-state index contributed by atoms with van der Waals surface area (Å²) in [6.45, 7) is 4.12. The highest BCUT2D eigenvalue weighted by molar-refractivity contribution is 7.11. The minimum atomic E-state index is -1.02. The van der Waals surface area contributed by atoms with Crippen LogP contribution in [0.5, 0.6) is 0 Å². The van der Waals surface area contributed by atoms with Gasteiger partial charge in [0.2, 0.25) is 0 Å². The summed E-state index contributed by atoms with van der Waals surface area (Å²) in [7, 11) is 0. The van der Waals surface area contributed by atoms with Gasteiger partial charge in [-0.25, -0.2) is 9.59 Å². The van der Waals surface area contributed by atoms with Crippen LogP contribution in [0.15, 0.2) is 12.1 Å². The van der Waals surface area contributed by atoms with E-state index < -0.39 is 18.0 Å². The summed E-state index contributed by atoms with van der Waals surface area (Å²) < 4.78 is 0. The first-order valence-corrected chi connectivity index (χ1v) is 6.17. The number of carbonyl (C=O) groups excluding carboxylic acids is 1. The fourth-order valence-electron chi connectivity index (χ4n) is 1.30. The van der Waals surface area contributed by atoms with Crippen LogP contribution < -0.4 is 10.6 Å². The van der Waals surface area contributed by atoms with E-state index in [0.29, 0.717) is 13.0 Å². The molecule has 1 heterocycles. The molecule has 0 spiro atoms. The van der Waals surface area contributed by atoms with Crippen molar-refractivity contribution in [2.75, 3.05) is 0 Å². The fourth-order valence-corrected chi connectivity index (χ4v) is 2.13. The first-order chi connectivity index (χ1) is 8.02. The van der Waals surface area contributed by atoms with Gasteiger partial charge in [-0.05, 0) is 25.5 Å². The molecule has 1 atom stereocenters. The highest BCUT2D eigenvalue weighted by Gasteiger charge is 2.16. The van der Waals surface area contributed by atoms with Crippen molar-refractivity contribution in [3.05, 3.63) is 21.9 Å². The lowest BCUT2D eigenvalue weighted by atomic mass is 10.2. The number of carboxylic acids is 1. The monoisotopic (exact) mass is 256 g/mol. The van der Waals surface area contributed by atoms with Crippen LogP contribution in [0.4, 0.5) is 4.79 Å². The number of rotatable bonds is 5. The van der Waals surface area contributed by atoms with Gasteiger partial charge in [0.15, 0.2) is 0 Å². The van der Waals surface area contributed by atoms with Gasteiger partial charge in [0.25, 0.3) is 0 Å². The fraction of sp³-hybridized carbons (Fsp3) is 0.455. The summed E-state index contributed by atoms with van der Waals surface area (Å²) in [6.07, 6.45) is 0.362. The van der Waals surface area contributed by atoms with Crippen molar-refractivity contribution in [1.82, 2.24) is 10.6 Å². The Balaban J connectivity index is 2.37. The SMILES string of the molecule is CC[C@H](NC(=O)NCc1ccc(C)s1)C(=O)O. The molecule has 0 aromatic carbocycles. The molecule has 0 aliphatic carbocycles. The molecule has 0 aliphatic heterocycles. The topological polar surface area (TPSA) is 78.4 Å². The molecular formula is C11H16N2O3S. The third-order valence-corrected chi connectivity index (χ3v) is 3.23. The third kappa shape index (κ3) is 4.44. The molecule has 5 nitrogen and oxygen atoms in total. The Labute approximate surface area is 104 Å². The zero-order chi connectivity index (χ0) is 12.8. The molecule has 2 amide bonds. The molecule has 3 N–H and O–H groups in total. The maximum absolute atomic E-state index is 11.4. The minimum absolute atomic E-state index is 0.362. The van der Waals surface area contributed by atoms with Crippen LogP contribution >= 0.6 is 11.3 Å². The van der Waals surface area contributed by atoms with E-state index in [1.165, 1.54) is 4.88 Å². The summed E-state index contributed by atoms with van der Waals surface area (Å²) >= 11 is 1.60. The number of aryl methyl sites for hydroxylation is 1. The lowest BCUT2D eigenvalue weighted by molar-refractivity contribution is -0.139. The number of carbonyl (C=O) groups is 2. The first kappa shape index (κ1) is 13.5. The quantitative estimate of drug-likeness (QED) is 0.750. The number of hydrogen-bond donors (Lipinski definition) is 3. The Kier molecular flexibility index (Phi) is 4.96. The van der Waals surface area contributed by atoms with Crippen molar-refractivity contribution in [3.63, 3.8) is 0 Å². The lowest BCUT2D eigenvalue weighted by Gasteiger charge is -2.12. The second-order valence-corrected chi connectivity index (χ2v) is 5.01. The smallest absolute Gasteiger partial charge is 0.326 e. The van der Waals surface area contributed by atoms with Crippen molar-refractivity contribution in [2.24, 2.45) is 0 Å². The van der Waals surface area contributed by atoms with Crippen LogP contribution in [0.3, 0.4) is 0 Å². The molecule has 0 fully saturated rings. The van der Waals surface area contributed by atoms with Crippen molar-refractivity contribution >= 4 is 23.3 Å². The predicted octanol–water partition coefficient (Wildman–Crippen LogP) is 1.72. The van der Waals surface area contributed by atoms with E-state index in [0.717, 1.165) is 4.88 Å². The highest BCUT2D eigenvalue weighted by Crippen LogP contribution is 2.14. The van der Waals surface area contributed by atoms with Gasteiger partial charge in [0.1, 0.15) is 6.04 Å². The summed E-state index contributed by atoms with van der Waals surface area (Å²) in [5.41, 5.74) is 0. The Bertz CT molecular complexity index is 403. The van der Waals surface area contributed by atoms with E-state index >= 15 is 0 Å². The van der Waals surface area contributed by atoms with E-state index in [1.54, 1.807) is 18.3 Å². The van der Waals surface area contributed by atoms with Gasteiger partial charge in [-0.1, -0.05) is 6.92 Å². The van der Waals surface area contributed by atoms with Crippen molar-refractivity contribution in [3.8, 4) is 0 Å². The van der Waals surface area contributed by atoms with Gasteiger partial charge in [0, 0.05) is 9.75 Å². The molecule has 0 aliphatic rings. The van der Waals surface area contributed by atoms with E-state index in [4.69, 9.17) is 5.11 Å². The minimum Gasteiger partial charge on any atom is -0.480 e. The molecule has 0 saturated heterocycles. The van der Waals surface area contributed by atoms with Gasteiger partial charge < -0.3 is 15.7 Å². The van der Waals surface area contributed by atoms with Crippen LogP contribution in [0.25, 0.3) is 0 Å². The number of nitrogens with one attached hydrogen (secondary N) is 2. The van der Waals surface area contributed by atoms with Gasteiger partial charge in [-0.2, -0.15) is 0 Å². The Hall–Kier alpha value is -1.56. The molecule has 1 aromatic rings. The number of aliphatic carboxylic acids is 1. The molecule has 1 aromatic heterocycles. The largest absolute Gasteiger partial charge is 0.480 e. The Morgan fingerprint density at radius 2 is 2.18 bits per heavy atom. The predicted molar refractivity (Wildman–Crippen MR) is 66.1 cm³/mol. The van der Waals surface area contributed by atoms with Gasteiger partial charge in [-0.3, -0.25) is 0 Å². The molecule has 17 heavy (non-hydrogen) atoms. The molecule has 94 valence electrons. The maximum Gasteiger partial charge on any atom is 0.326 e. The molecule has 0 bridgehead atoms. The molecule has 0 saturated carbocycles. The zero-order valence-corrected chi connectivity index (χ0v) is 10.6. The second kappa shape index (κ2) is 6.24. The second-order valence-electron chi connectivity index (χ2n) is 3.64. The van der Waals surface area contributed by atoms with Crippen LogP contribution in [0, 0.1) is 6.92 Å². The van der Waals surface area contributed by atoms with Gasteiger partial charge in [0.05, 0.1) is 6.54 Å². The number of amides is 2. The van der Waals surface area contributed by atoms with Crippen LogP contribution in [-0.4, -0.2) is 23.1 Å². The van der Waals surface area contributed by atoms with E-state index in [1.807, 2.05) is 19.1 Å². The lowest BCUT2D eigenvalue weighted by Crippen LogP contribution is -2.45. The van der Waals surface area contributed by atoms with E-state index in [9.17, 15) is 9.59 Å². The number of carboxylic acid groups (broad SMARTS) is 1. The van der Waals surface area contributed by atoms with Crippen LogP contribution in [0.1, 0.15) is 23.1 Å². The van der Waals surface area contributed by atoms with Crippen molar-refractivity contribution in [2.45, 2.75) is 32.9 Å². The average molecular weight is 256 g/mol. The zero-order valence-electron chi connectivity index (χ0n) is 9.82. The molecule has 1 rings (SSSR count). The summed E-state index contributed by atoms with van der Waals surface area (Å²) in [5.74, 6) is -1.02. The normalized spacial score (nSPS) is 11.9. The third-order valence-electron chi connectivity index (χ3n) is 2.23. The number of thiophene rings is 1. The summed E-state index contributed by atoms with van der Waals surface area (Å²) in [4.78, 5) is 24.3. The van der Waals surface area contributed by atoms with Crippen LogP contribution in [0.2, 0.25) is 0 Å². The molecule has 0 unspecified atom stereocenters. The Morgan fingerprint density at radius 3 is 2.65 bits per heavy atom. The van der Waals surface area contributed by atoms with Crippen molar-refractivity contribution in [1.29, 1.82) is 0 Å². The van der Waals surface area contributed by atoms with Crippen molar-refractivity contribution < 1.29 is 14.7 Å². The van der Waals surface area contributed by atoms with Gasteiger partial charge in [-0.15, -0.1) is 11.3 Å². The van der Waals surface area contributed by atoms with Crippen LogP contribution in [-0.2, 0) is 11.3 Å². The molecule has 6 heteroatoms. The molecule has 0 radical (unpaired) electrons. The van der Waals surface area contributed by atoms with E-state index in [2.05, 4.69) is 10.6 Å². The first-order valence-electron chi connectivity index (χ1n) is 5.35. The standard InChI is InChI=1S/C11H16N2O3S/c1-3-9(10(14)15)13-11(16)12-6-8-5-4-7(2)17-8/h4-5,9H,3,6H2,1-2H3,(H,14,15)(H2,12,13,16)/t9-/m0/s1. The average Bonchev–Trinajstić information content (AvgIpc) is 2.68. The highest BCUT2D eigenvalue weighted by atomic mass is 32.1. The number of hydrogen-bond acceptors (Lipinski definition) is 3. The number of urea groups is 1. The summed E-state index contributed by atoms with van der Waals surface area (Å²) in [5, 5.41) is 13.8. The van der Waals surface area contributed by atoms with Gasteiger partial charge >= 0.3 is 12.0 Å². The van der Waals surface area contributed by atoms with E-state index in [-0.39, 0.29) is 0 Å². The molecular weight excluding hydrogens is 240 g/mol.